The molecule has 1 saturated heterocycles. The first-order valence-electron chi connectivity index (χ1n) is 6.79. The Bertz CT molecular complexity index is 417. The highest BCUT2D eigenvalue weighted by atomic mass is 16.5. The average Bonchev–Trinajstić information content (AvgIpc) is 2.88. The van der Waals surface area contributed by atoms with E-state index in [-0.39, 0.29) is 5.91 Å². The maximum absolute atomic E-state index is 12.5. The largest absolute Gasteiger partial charge is 0.380 e. The van der Waals surface area contributed by atoms with Crippen LogP contribution in [0.3, 0.4) is 0 Å². The summed E-state index contributed by atoms with van der Waals surface area (Å²) in [6.45, 7) is 2.32. The molecule has 4 heteroatoms. The Morgan fingerprint density at radius 3 is 2.79 bits per heavy atom. The van der Waals surface area contributed by atoms with Crippen LogP contribution in [0.25, 0.3) is 0 Å². The van der Waals surface area contributed by atoms with Crippen molar-refractivity contribution < 1.29 is 9.53 Å². The number of nitrogens with one attached hydrogen (secondary N) is 1. The zero-order valence-corrected chi connectivity index (χ0v) is 11.7. The Morgan fingerprint density at radius 1 is 1.42 bits per heavy atom. The van der Waals surface area contributed by atoms with Crippen LogP contribution in [-0.2, 0) is 11.3 Å². The lowest BCUT2D eigenvalue weighted by Gasteiger charge is -2.24. The molecule has 1 aliphatic heterocycles. The van der Waals surface area contributed by atoms with Crippen molar-refractivity contribution in [3.05, 3.63) is 35.4 Å². The summed E-state index contributed by atoms with van der Waals surface area (Å²) >= 11 is 0. The lowest BCUT2D eigenvalue weighted by Crippen LogP contribution is -2.40. The van der Waals surface area contributed by atoms with E-state index in [1.807, 2.05) is 36.2 Å². The van der Waals surface area contributed by atoms with E-state index < -0.39 is 0 Å². The van der Waals surface area contributed by atoms with Crippen LogP contribution in [0.1, 0.15) is 28.8 Å². The molecule has 1 aliphatic rings. The monoisotopic (exact) mass is 262 g/mol. The van der Waals surface area contributed by atoms with Gasteiger partial charge in [0.05, 0.1) is 6.61 Å². The van der Waals surface area contributed by atoms with E-state index in [2.05, 4.69) is 5.32 Å². The van der Waals surface area contributed by atoms with Crippen LogP contribution in [0.2, 0.25) is 0 Å². The molecule has 0 spiro atoms. The van der Waals surface area contributed by atoms with E-state index in [0.717, 1.165) is 37.1 Å². The van der Waals surface area contributed by atoms with Crippen molar-refractivity contribution in [2.24, 2.45) is 0 Å². The van der Waals surface area contributed by atoms with E-state index in [0.29, 0.717) is 12.6 Å². The summed E-state index contributed by atoms with van der Waals surface area (Å²) < 4.78 is 5.07. The van der Waals surface area contributed by atoms with Crippen molar-refractivity contribution in [3.63, 3.8) is 0 Å². The topological polar surface area (TPSA) is 41.6 Å². The van der Waals surface area contributed by atoms with Gasteiger partial charge in [-0.1, -0.05) is 12.1 Å². The third kappa shape index (κ3) is 3.33. The third-order valence-electron chi connectivity index (χ3n) is 3.59. The van der Waals surface area contributed by atoms with Crippen LogP contribution in [0.15, 0.2) is 24.3 Å². The normalized spacial score (nSPS) is 18.8. The summed E-state index contributed by atoms with van der Waals surface area (Å²) in [7, 11) is 3.60. The number of hydrogen-bond acceptors (Lipinski definition) is 3. The molecule has 1 N–H and O–H groups in total. The summed E-state index contributed by atoms with van der Waals surface area (Å²) in [6, 6.07) is 8.03. The molecular formula is C15H22N2O2. The van der Waals surface area contributed by atoms with Crippen molar-refractivity contribution in [3.8, 4) is 0 Å². The van der Waals surface area contributed by atoms with Crippen molar-refractivity contribution in [2.45, 2.75) is 25.5 Å². The fourth-order valence-electron chi connectivity index (χ4n) is 2.63. The van der Waals surface area contributed by atoms with Crippen LogP contribution in [0, 0.1) is 0 Å². The third-order valence-corrected chi connectivity index (χ3v) is 3.59. The zero-order chi connectivity index (χ0) is 13.7. The number of amides is 1. The number of rotatable bonds is 5. The number of likely N-dealkylation sites (N-methyl/N-ethyl adjacent to an activating group) is 1. The fourth-order valence-corrected chi connectivity index (χ4v) is 2.63. The Balaban J connectivity index is 2.06. The van der Waals surface area contributed by atoms with E-state index in [1.165, 1.54) is 0 Å². The second-order valence-corrected chi connectivity index (χ2v) is 4.98. The number of methoxy groups -OCH3 is 1. The first-order valence-corrected chi connectivity index (χ1v) is 6.79. The van der Waals surface area contributed by atoms with Gasteiger partial charge in [-0.2, -0.15) is 0 Å². The molecule has 19 heavy (non-hydrogen) atoms. The van der Waals surface area contributed by atoms with E-state index >= 15 is 0 Å². The van der Waals surface area contributed by atoms with Gasteiger partial charge in [0.1, 0.15) is 0 Å². The zero-order valence-electron chi connectivity index (χ0n) is 11.7. The van der Waals surface area contributed by atoms with Gasteiger partial charge < -0.3 is 15.0 Å². The van der Waals surface area contributed by atoms with Gasteiger partial charge >= 0.3 is 0 Å². The number of nitrogens with zero attached hydrogens (tertiary/aromatic N) is 1. The lowest BCUT2D eigenvalue weighted by atomic mass is 10.1. The molecule has 1 atom stereocenters. The highest BCUT2D eigenvalue weighted by Gasteiger charge is 2.28. The minimum absolute atomic E-state index is 0.140. The van der Waals surface area contributed by atoms with E-state index in [1.54, 1.807) is 7.11 Å². The van der Waals surface area contributed by atoms with Crippen LogP contribution in [0.4, 0.5) is 0 Å². The van der Waals surface area contributed by atoms with Crippen LogP contribution in [0.5, 0.6) is 0 Å². The second kappa shape index (κ2) is 6.68. The molecule has 0 aromatic heterocycles. The Kier molecular flexibility index (Phi) is 4.93. The van der Waals surface area contributed by atoms with E-state index in [4.69, 9.17) is 4.74 Å². The van der Waals surface area contributed by atoms with Gasteiger partial charge in [0.2, 0.25) is 0 Å². The molecule has 0 aliphatic carbocycles. The molecule has 0 radical (unpaired) electrons. The summed E-state index contributed by atoms with van der Waals surface area (Å²) in [5.41, 5.74) is 1.86. The maximum atomic E-state index is 12.5. The predicted molar refractivity (Wildman–Crippen MR) is 75.1 cm³/mol. The first kappa shape index (κ1) is 14.0. The molecule has 1 heterocycles. The van der Waals surface area contributed by atoms with E-state index in [9.17, 15) is 4.79 Å². The Morgan fingerprint density at radius 2 is 2.16 bits per heavy atom. The quantitative estimate of drug-likeness (QED) is 0.877. The first-order chi connectivity index (χ1) is 9.26. The maximum Gasteiger partial charge on any atom is 0.254 e. The number of carbonyl (C=O) groups excluding carboxylic acids is 1. The number of ether oxygens (including phenoxy) is 1. The molecule has 4 nitrogen and oxygen atoms in total. The average molecular weight is 262 g/mol. The lowest BCUT2D eigenvalue weighted by molar-refractivity contribution is 0.0737. The summed E-state index contributed by atoms with van der Waals surface area (Å²) in [5, 5.41) is 3.16. The van der Waals surface area contributed by atoms with Crippen molar-refractivity contribution in [1.82, 2.24) is 10.2 Å². The number of likely N-dealkylation sites (tertiary alicyclic amines) is 1. The highest BCUT2D eigenvalue weighted by molar-refractivity contribution is 5.94. The molecule has 1 aromatic carbocycles. The number of carbonyl (C=O) groups is 1. The van der Waals surface area contributed by atoms with Gasteiger partial charge in [0, 0.05) is 31.8 Å². The number of benzene rings is 1. The van der Waals surface area contributed by atoms with Crippen molar-refractivity contribution in [2.75, 3.05) is 27.2 Å². The van der Waals surface area contributed by atoms with Gasteiger partial charge in [-0.15, -0.1) is 0 Å². The minimum atomic E-state index is 0.140. The van der Waals surface area contributed by atoms with Crippen LogP contribution >= 0.6 is 0 Å². The predicted octanol–water partition coefficient (Wildman–Crippen LogP) is 1.66. The van der Waals surface area contributed by atoms with Gasteiger partial charge in [-0.3, -0.25) is 4.79 Å². The molecule has 104 valence electrons. The fraction of sp³-hybridized carbons (Fsp3) is 0.533. The smallest absolute Gasteiger partial charge is 0.254 e. The minimum Gasteiger partial charge on any atom is -0.380 e. The van der Waals surface area contributed by atoms with Gasteiger partial charge in [0.25, 0.3) is 5.91 Å². The molecule has 1 unspecified atom stereocenters. The summed E-state index contributed by atoms with van der Waals surface area (Å²) in [5.74, 6) is 0.140. The second-order valence-electron chi connectivity index (χ2n) is 4.98. The SMILES string of the molecule is CNCC1CCCN1C(=O)c1ccc(COC)cc1. The molecule has 0 saturated carbocycles. The summed E-state index contributed by atoms with van der Waals surface area (Å²) in [4.78, 5) is 14.5. The number of hydrogen-bond donors (Lipinski definition) is 1. The molecule has 1 aromatic rings. The highest BCUT2D eigenvalue weighted by Crippen LogP contribution is 2.20. The standard InChI is InChI=1S/C15H22N2O2/c1-16-10-14-4-3-9-17(14)15(18)13-7-5-12(6-8-13)11-19-2/h5-8,14,16H,3-4,9-11H2,1-2H3. The van der Waals surface area contributed by atoms with Crippen molar-refractivity contribution in [1.29, 1.82) is 0 Å². The van der Waals surface area contributed by atoms with Gasteiger partial charge in [0.15, 0.2) is 0 Å². The van der Waals surface area contributed by atoms with Gasteiger partial charge in [-0.05, 0) is 37.6 Å². The molecule has 2 rings (SSSR count). The van der Waals surface area contributed by atoms with Crippen LogP contribution < -0.4 is 5.32 Å². The molecule has 0 bridgehead atoms. The molecular weight excluding hydrogens is 240 g/mol. The van der Waals surface area contributed by atoms with Gasteiger partial charge in [-0.25, -0.2) is 0 Å². The molecule has 1 amide bonds. The summed E-state index contributed by atoms with van der Waals surface area (Å²) in [6.07, 6.45) is 2.19. The Hall–Kier alpha value is -1.39. The van der Waals surface area contributed by atoms with Crippen molar-refractivity contribution >= 4 is 5.91 Å². The Labute approximate surface area is 114 Å². The van der Waals surface area contributed by atoms with Crippen LogP contribution in [-0.4, -0.2) is 44.1 Å². The molecule has 1 fully saturated rings.